The van der Waals surface area contributed by atoms with Crippen LogP contribution in [0.15, 0.2) is 53.7 Å². The Morgan fingerprint density at radius 2 is 1.89 bits per heavy atom. The number of aliphatic hydroxyl groups excluding tert-OH is 1. The van der Waals surface area contributed by atoms with Gasteiger partial charge in [0.05, 0.1) is 28.4 Å². The first kappa shape index (κ1) is 24.9. The molecular formula is C24H29N5O5S2. The van der Waals surface area contributed by atoms with E-state index in [0.717, 1.165) is 10.4 Å². The fourth-order valence-corrected chi connectivity index (χ4v) is 7.88. The predicted molar refractivity (Wildman–Crippen MR) is 137 cm³/mol. The molecule has 2 atom stereocenters. The molecule has 1 aliphatic rings. The van der Waals surface area contributed by atoms with Crippen molar-refractivity contribution < 1.29 is 21.9 Å². The monoisotopic (exact) mass is 531 g/mol. The quantitative estimate of drug-likeness (QED) is 0.370. The molecule has 1 saturated heterocycles. The number of pyridine rings is 1. The molecule has 0 aliphatic carbocycles. The number of nitrogens with zero attached hydrogens (tertiary/aromatic N) is 5. The predicted octanol–water partition coefficient (Wildman–Crippen LogP) is 3.05. The van der Waals surface area contributed by atoms with E-state index >= 15 is 0 Å². The molecule has 0 spiro atoms. The topological polar surface area (TPSA) is 127 Å². The Labute approximate surface area is 210 Å². The Morgan fingerprint density at radius 3 is 2.58 bits per heavy atom. The van der Waals surface area contributed by atoms with Crippen LogP contribution in [0.4, 0.5) is 0 Å². The van der Waals surface area contributed by atoms with Crippen molar-refractivity contribution in [1.82, 2.24) is 22.8 Å². The van der Waals surface area contributed by atoms with Crippen molar-refractivity contribution in [3.8, 4) is 0 Å². The Kier molecular flexibility index (Phi) is 6.39. The van der Waals surface area contributed by atoms with Gasteiger partial charge in [-0.1, -0.05) is 31.5 Å². The number of benzene rings is 1. The van der Waals surface area contributed by atoms with Crippen LogP contribution in [0.3, 0.4) is 0 Å². The minimum Gasteiger partial charge on any atom is -0.385 e. The van der Waals surface area contributed by atoms with E-state index in [9.17, 15) is 21.9 Å². The summed E-state index contributed by atoms with van der Waals surface area (Å²) in [7, 11) is -7.26. The summed E-state index contributed by atoms with van der Waals surface area (Å²) in [6.45, 7) is 4.22. The van der Waals surface area contributed by atoms with Gasteiger partial charge in [0, 0.05) is 24.7 Å². The van der Waals surface area contributed by atoms with Crippen molar-refractivity contribution in [2.24, 2.45) is 0 Å². The Bertz CT molecular complexity index is 1630. The summed E-state index contributed by atoms with van der Waals surface area (Å²) in [6, 6.07) is 9.56. The average molecular weight is 532 g/mol. The van der Waals surface area contributed by atoms with Crippen LogP contribution in [0.5, 0.6) is 0 Å². The molecule has 1 aromatic carbocycles. The number of fused-ring (bicyclic) bond motifs is 3. The minimum absolute atomic E-state index is 0.110. The summed E-state index contributed by atoms with van der Waals surface area (Å²) in [5, 5.41) is 11.1. The van der Waals surface area contributed by atoms with Crippen LogP contribution in [0.1, 0.15) is 51.1 Å². The second kappa shape index (κ2) is 9.25. The van der Waals surface area contributed by atoms with Crippen LogP contribution >= 0.6 is 0 Å². The Morgan fingerprint density at radius 1 is 1.14 bits per heavy atom. The van der Waals surface area contributed by atoms with Gasteiger partial charge in [-0.25, -0.2) is 30.8 Å². The third-order valence-corrected chi connectivity index (χ3v) is 10.3. The summed E-state index contributed by atoms with van der Waals surface area (Å²) in [5.41, 5.74) is 1.39. The molecule has 192 valence electrons. The minimum atomic E-state index is -3.88. The molecule has 3 aromatic heterocycles. The van der Waals surface area contributed by atoms with Crippen molar-refractivity contribution >= 4 is 42.1 Å². The maximum atomic E-state index is 13.3. The lowest BCUT2D eigenvalue weighted by molar-refractivity contribution is 0.182. The van der Waals surface area contributed by atoms with Crippen molar-refractivity contribution in [2.45, 2.75) is 50.2 Å². The fourth-order valence-electron chi connectivity index (χ4n) is 4.86. The summed E-state index contributed by atoms with van der Waals surface area (Å²) in [4.78, 5) is 9.15. The van der Waals surface area contributed by atoms with Crippen molar-refractivity contribution in [2.75, 3.05) is 18.8 Å². The van der Waals surface area contributed by atoms with Crippen LogP contribution in [0.25, 0.3) is 22.1 Å². The molecule has 0 radical (unpaired) electrons. The molecule has 4 aromatic rings. The molecule has 0 saturated carbocycles. The zero-order valence-electron chi connectivity index (χ0n) is 20.1. The number of aliphatic hydroxyl groups is 1. The molecule has 1 unspecified atom stereocenters. The first-order valence-corrected chi connectivity index (χ1v) is 15.0. The summed E-state index contributed by atoms with van der Waals surface area (Å²) in [5.74, 6) is 0.509. The lowest BCUT2D eigenvalue weighted by atomic mass is 10.2. The molecular weight excluding hydrogens is 502 g/mol. The van der Waals surface area contributed by atoms with Crippen LogP contribution in [0.2, 0.25) is 0 Å². The number of unbranched alkanes of at least 4 members (excludes halogenated alkanes) is 1. The molecule has 0 bridgehead atoms. The maximum absolute atomic E-state index is 13.3. The third-order valence-electron chi connectivity index (χ3n) is 6.67. The third kappa shape index (κ3) is 4.11. The average Bonchev–Trinajstić information content (AvgIpc) is 3.59. The second-order valence-corrected chi connectivity index (χ2v) is 13.0. The number of hydrogen-bond donors (Lipinski definition) is 1. The number of aromatic nitrogens is 4. The number of hydrogen-bond acceptors (Lipinski definition) is 7. The van der Waals surface area contributed by atoms with Gasteiger partial charge < -0.3 is 9.67 Å². The summed E-state index contributed by atoms with van der Waals surface area (Å²) >= 11 is 0. The van der Waals surface area contributed by atoms with Crippen molar-refractivity contribution in [1.29, 1.82) is 0 Å². The standard InChI is InChI=1S/C24H29N5O5S2/c1-3-4-14-35(31,32)27-12-10-18(16-27)29-22-20-11-13-28(36(33,34)19-8-6-5-7-9-19)24(20)25-15-21(22)26-23(29)17(2)30/h5-9,11,13,15,17-18,30H,3-4,10,12,14,16H2,1-2H3/t17-,18?/m1/s1. The zero-order valence-corrected chi connectivity index (χ0v) is 21.8. The first-order valence-electron chi connectivity index (χ1n) is 12.0. The lowest BCUT2D eigenvalue weighted by Gasteiger charge is -2.20. The van der Waals surface area contributed by atoms with Crippen molar-refractivity contribution in [3.05, 3.63) is 54.6 Å². The van der Waals surface area contributed by atoms with E-state index in [0.29, 0.717) is 41.6 Å². The molecule has 10 nitrogen and oxygen atoms in total. The number of imidazole rings is 1. The van der Waals surface area contributed by atoms with Gasteiger partial charge in [0.25, 0.3) is 10.0 Å². The molecule has 1 aliphatic heterocycles. The highest BCUT2D eigenvalue weighted by Gasteiger charge is 2.35. The van der Waals surface area contributed by atoms with Gasteiger partial charge in [-0.05, 0) is 38.0 Å². The van der Waals surface area contributed by atoms with E-state index in [1.807, 2.05) is 11.5 Å². The molecule has 5 rings (SSSR count). The molecule has 0 amide bonds. The maximum Gasteiger partial charge on any atom is 0.269 e. The van der Waals surface area contributed by atoms with Gasteiger partial charge in [0.1, 0.15) is 17.4 Å². The lowest BCUT2D eigenvalue weighted by Crippen LogP contribution is -2.31. The van der Waals surface area contributed by atoms with Gasteiger partial charge in [0.15, 0.2) is 5.65 Å². The SMILES string of the molecule is CCCCS(=O)(=O)N1CCC(n2c([C@@H](C)O)nc3cnc4c(ccn4S(=O)(=O)c4ccccc4)c32)C1. The Balaban J connectivity index is 1.64. The van der Waals surface area contributed by atoms with Crippen LogP contribution in [-0.2, 0) is 20.0 Å². The highest BCUT2D eigenvalue weighted by molar-refractivity contribution is 7.90. The van der Waals surface area contributed by atoms with Gasteiger partial charge in [-0.15, -0.1) is 0 Å². The number of sulfonamides is 1. The van der Waals surface area contributed by atoms with Crippen LogP contribution in [-0.4, -0.2) is 63.6 Å². The van der Waals surface area contributed by atoms with E-state index in [-0.39, 0.29) is 28.9 Å². The normalized spacial score (nSPS) is 18.4. The molecule has 4 heterocycles. The molecule has 1 N–H and O–H groups in total. The highest BCUT2D eigenvalue weighted by Crippen LogP contribution is 2.35. The largest absolute Gasteiger partial charge is 0.385 e. The van der Waals surface area contributed by atoms with E-state index < -0.39 is 26.2 Å². The highest BCUT2D eigenvalue weighted by atomic mass is 32.2. The molecule has 36 heavy (non-hydrogen) atoms. The Hall–Kier alpha value is -2.80. The smallest absolute Gasteiger partial charge is 0.269 e. The van der Waals surface area contributed by atoms with Gasteiger partial charge in [-0.2, -0.15) is 4.31 Å². The van der Waals surface area contributed by atoms with Crippen LogP contribution < -0.4 is 0 Å². The second-order valence-electron chi connectivity index (χ2n) is 9.15. The summed E-state index contributed by atoms with van der Waals surface area (Å²) in [6.07, 6.45) is 4.02. The fraction of sp³-hybridized carbons (Fsp3) is 0.417. The summed E-state index contributed by atoms with van der Waals surface area (Å²) < 4.78 is 56.8. The van der Waals surface area contributed by atoms with E-state index in [2.05, 4.69) is 9.97 Å². The van der Waals surface area contributed by atoms with E-state index in [4.69, 9.17) is 0 Å². The van der Waals surface area contributed by atoms with Gasteiger partial charge in [0.2, 0.25) is 10.0 Å². The van der Waals surface area contributed by atoms with Gasteiger partial charge in [-0.3, -0.25) is 0 Å². The number of rotatable bonds is 8. The molecule has 12 heteroatoms. The van der Waals surface area contributed by atoms with E-state index in [1.54, 1.807) is 31.2 Å². The zero-order chi connectivity index (χ0) is 25.7. The van der Waals surface area contributed by atoms with E-state index in [1.165, 1.54) is 28.8 Å². The molecule has 1 fully saturated rings. The van der Waals surface area contributed by atoms with Crippen LogP contribution in [0, 0.1) is 0 Å². The van der Waals surface area contributed by atoms with Gasteiger partial charge >= 0.3 is 0 Å². The first-order chi connectivity index (χ1) is 17.1. The van der Waals surface area contributed by atoms with Crippen molar-refractivity contribution in [3.63, 3.8) is 0 Å².